The summed E-state index contributed by atoms with van der Waals surface area (Å²) in [4.78, 5) is 10.9. The SMILES string of the molecule is OC(Cn1cnnn1)(c1ccc(F)cc1F)C(F)(F)c1ccc(-c2ncncc2F)cn1. The van der Waals surface area contributed by atoms with Gasteiger partial charge in [-0.25, -0.2) is 27.8 Å². The maximum Gasteiger partial charge on any atom is 0.323 e. The lowest BCUT2D eigenvalue weighted by atomic mass is 9.84. The van der Waals surface area contributed by atoms with Crippen molar-refractivity contribution in [2.75, 3.05) is 0 Å². The summed E-state index contributed by atoms with van der Waals surface area (Å²) in [5.74, 6) is -7.44. The van der Waals surface area contributed by atoms with E-state index in [-0.39, 0.29) is 11.3 Å². The van der Waals surface area contributed by atoms with Gasteiger partial charge in [-0.3, -0.25) is 4.98 Å². The molecule has 8 nitrogen and oxygen atoms in total. The van der Waals surface area contributed by atoms with Crippen molar-refractivity contribution in [2.45, 2.75) is 18.1 Å². The number of hydrogen-bond donors (Lipinski definition) is 1. The van der Waals surface area contributed by atoms with E-state index >= 15 is 8.78 Å². The molecule has 3 aromatic heterocycles. The van der Waals surface area contributed by atoms with Crippen LogP contribution in [-0.4, -0.2) is 40.3 Å². The molecule has 1 aromatic carbocycles. The molecule has 0 bridgehead atoms. The standard InChI is InChI=1S/C19H12F5N7O/c20-12-2-3-13(14(21)5-12)18(32,8-31-10-28-29-30-31)19(23,24)16-4-1-11(6-26-16)17-15(22)7-25-9-27-17/h1-7,9-10,32H,8H2. The zero-order chi connectivity index (χ0) is 22.9. The molecule has 32 heavy (non-hydrogen) atoms. The Bertz CT molecular complexity index is 1240. The molecule has 4 rings (SSSR count). The van der Waals surface area contributed by atoms with Crippen LogP contribution >= 0.6 is 0 Å². The van der Waals surface area contributed by atoms with E-state index in [4.69, 9.17) is 0 Å². The highest BCUT2D eigenvalue weighted by Gasteiger charge is 2.58. The van der Waals surface area contributed by atoms with Gasteiger partial charge >= 0.3 is 5.92 Å². The first kappa shape index (κ1) is 21.4. The molecular formula is C19H12F5N7O. The van der Waals surface area contributed by atoms with Crippen LogP contribution in [0.4, 0.5) is 22.0 Å². The quantitative estimate of drug-likeness (QED) is 0.452. The number of rotatable bonds is 6. The maximum atomic E-state index is 15.6. The van der Waals surface area contributed by atoms with Gasteiger partial charge in [0.1, 0.15) is 35.7 Å². The molecule has 0 fully saturated rings. The van der Waals surface area contributed by atoms with Gasteiger partial charge < -0.3 is 5.11 Å². The number of tetrazole rings is 1. The molecule has 0 aliphatic heterocycles. The number of hydrogen-bond acceptors (Lipinski definition) is 7. The van der Waals surface area contributed by atoms with Crippen molar-refractivity contribution in [3.8, 4) is 11.3 Å². The van der Waals surface area contributed by atoms with E-state index in [1.165, 1.54) is 0 Å². The van der Waals surface area contributed by atoms with Crippen LogP contribution in [-0.2, 0) is 18.1 Å². The second-order valence-corrected chi connectivity index (χ2v) is 6.72. The van der Waals surface area contributed by atoms with Gasteiger partial charge in [-0.05, 0) is 34.7 Å². The third-order valence-electron chi connectivity index (χ3n) is 4.70. The molecule has 0 aliphatic carbocycles. The van der Waals surface area contributed by atoms with Gasteiger partial charge in [0.15, 0.2) is 11.4 Å². The molecule has 0 radical (unpaired) electrons. The van der Waals surface area contributed by atoms with E-state index in [9.17, 15) is 18.3 Å². The number of pyridine rings is 1. The highest BCUT2D eigenvalue weighted by atomic mass is 19.3. The van der Waals surface area contributed by atoms with Gasteiger partial charge in [0.25, 0.3) is 0 Å². The zero-order valence-electron chi connectivity index (χ0n) is 15.9. The fourth-order valence-corrected chi connectivity index (χ4v) is 3.12. The van der Waals surface area contributed by atoms with Crippen molar-refractivity contribution in [3.63, 3.8) is 0 Å². The minimum Gasteiger partial charge on any atom is -0.377 e. The van der Waals surface area contributed by atoms with Crippen LogP contribution < -0.4 is 0 Å². The van der Waals surface area contributed by atoms with Gasteiger partial charge in [0.05, 0.1) is 12.7 Å². The molecule has 0 saturated heterocycles. The summed E-state index contributed by atoms with van der Waals surface area (Å²) in [5.41, 5.74) is -5.23. The van der Waals surface area contributed by atoms with Crippen LogP contribution in [0, 0.1) is 17.5 Å². The first-order valence-electron chi connectivity index (χ1n) is 8.91. The lowest BCUT2D eigenvalue weighted by Crippen LogP contribution is -2.48. The molecule has 1 atom stereocenters. The van der Waals surface area contributed by atoms with E-state index in [1.807, 2.05) is 0 Å². The Morgan fingerprint density at radius 3 is 2.41 bits per heavy atom. The predicted molar refractivity (Wildman–Crippen MR) is 97.2 cm³/mol. The van der Waals surface area contributed by atoms with Gasteiger partial charge in [0.2, 0.25) is 0 Å². The Kier molecular flexibility index (Phi) is 5.34. The molecule has 0 spiro atoms. The van der Waals surface area contributed by atoms with Gasteiger partial charge in [0, 0.05) is 23.4 Å². The van der Waals surface area contributed by atoms with E-state index in [0.29, 0.717) is 12.1 Å². The number of benzene rings is 1. The molecule has 1 N–H and O–H groups in total. The number of halogens is 5. The van der Waals surface area contributed by atoms with Crippen molar-refractivity contribution >= 4 is 0 Å². The summed E-state index contributed by atoms with van der Waals surface area (Å²) in [7, 11) is 0. The van der Waals surface area contributed by atoms with Crippen LogP contribution in [0.5, 0.6) is 0 Å². The fourth-order valence-electron chi connectivity index (χ4n) is 3.12. The molecule has 1 unspecified atom stereocenters. The monoisotopic (exact) mass is 449 g/mol. The lowest BCUT2D eigenvalue weighted by molar-refractivity contribution is -0.207. The Hall–Kier alpha value is -3.87. The van der Waals surface area contributed by atoms with Gasteiger partial charge in [-0.2, -0.15) is 8.78 Å². The maximum absolute atomic E-state index is 15.6. The molecular weight excluding hydrogens is 437 g/mol. The van der Waals surface area contributed by atoms with Crippen LogP contribution in [0.25, 0.3) is 11.3 Å². The average Bonchev–Trinajstić information content (AvgIpc) is 3.27. The highest BCUT2D eigenvalue weighted by Crippen LogP contribution is 2.46. The van der Waals surface area contributed by atoms with Crippen molar-refractivity contribution in [3.05, 3.63) is 84.1 Å². The molecule has 0 saturated carbocycles. The number of alkyl halides is 2. The Morgan fingerprint density at radius 2 is 1.78 bits per heavy atom. The van der Waals surface area contributed by atoms with E-state index in [2.05, 4.69) is 30.5 Å². The molecule has 3 heterocycles. The highest BCUT2D eigenvalue weighted by molar-refractivity contribution is 5.58. The van der Waals surface area contributed by atoms with Crippen LogP contribution in [0.1, 0.15) is 11.3 Å². The van der Waals surface area contributed by atoms with Crippen molar-refractivity contribution < 1.29 is 27.1 Å². The number of aromatic nitrogens is 7. The summed E-state index contributed by atoms with van der Waals surface area (Å²) in [5, 5.41) is 21.1. The third kappa shape index (κ3) is 3.66. The minimum atomic E-state index is -4.22. The normalized spacial score (nSPS) is 13.7. The largest absolute Gasteiger partial charge is 0.377 e. The summed E-state index contributed by atoms with van der Waals surface area (Å²) in [6, 6.07) is 3.74. The number of aliphatic hydroxyl groups is 1. The average molecular weight is 449 g/mol. The molecule has 164 valence electrons. The van der Waals surface area contributed by atoms with E-state index in [1.54, 1.807) is 0 Å². The molecule has 4 aromatic rings. The molecule has 13 heteroatoms. The van der Waals surface area contributed by atoms with Gasteiger partial charge in [-0.1, -0.05) is 0 Å². The van der Waals surface area contributed by atoms with E-state index < -0.39 is 46.8 Å². The minimum absolute atomic E-state index is 0.0708. The predicted octanol–water partition coefficient (Wildman–Crippen LogP) is 2.62. The van der Waals surface area contributed by atoms with E-state index in [0.717, 1.165) is 47.9 Å². The van der Waals surface area contributed by atoms with Crippen molar-refractivity contribution in [2.24, 2.45) is 0 Å². The van der Waals surface area contributed by atoms with Crippen LogP contribution in [0.2, 0.25) is 0 Å². The Balaban J connectivity index is 1.80. The first-order valence-corrected chi connectivity index (χ1v) is 8.91. The zero-order valence-corrected chi connectivity index (χ0v) is 15.9. The molecule has 0 aliphatic rings. The summed E-state index contributed by atoms with van der Waals surface area (Å²) < 4.78 is 73.7. The van der Waals surface area contributed by atoms with Crippen molar-refractivity contribution in [1.82, 2.24) is 35.2 Å². The van der Waals surface area contributed by atoms with Crippen LogP contribution in [0.15, 0.2) is 55.4 Å². The Morgan fingerprint density at radius 1 is 0.969 bits per heavy atom. The molecule has 0 amide bonds. The summed E-state index contributed by atoms with van der Waals surface area (Å²) in [6.07, 6.45) is 3.83. The lowest BCUT2D eigenvalue weighted by Gasteiger charge is -2.35. The van der Waals surface area contributed by atoms with Crippen molar-refractivity contribution in [1.29, 1.82) is 0 Å². The van der Waals surface area contributed by atoms with Gasteiger partial charge in [-0.15, -0.1) is 5.10 Å². The topological polar surface area (TPSA) is 102 Å². The summed E-state index contributed by atoms with van der Waals surface area (Å²) in [6.45, 7) is -0.987. The first-order chi connectivity index (χ1) is 15.2. The fraction of sp³-hybridized carbons (Fsp3) is 0.158. The number of nitrogens with zero attached hydrogens (tertiary/aromatic N) is 7. The third-order valence-corrected chi connectivity index (χ3v) is 4.70. The second-order valence-electron chi connectivity index (χ2n) is 6.72. The smallest absolute Gasteiger partial charge is 0.323 e. The summed E-state index contributed by atoms with van der Waals surface area (Å²) >= 11 is 0. The van der Waals surface area contributed by atoms with Crippen LogP contribution in [0.3, 0.4) is 0 Å². The second kappa shape index (κ2) is 8.00. The Labute approximate surface area is 176 Å².